The van der Waals surface area contributed by atoms with Crippen molar-refractivity contribution >= 4 is 17.7 Å². The number of nitrogens with zero attached hydrogens (tertiary/aromatic N) is 5. The minimum Gasteiger partial charge on any atom is -0.441 e. The fourth-order valence-corrected chi connectivity index (χ4v) is 4.85. The van der Waals surface area contributed by atoms with E-state index in [9.17, 15) is 27.7 Å². The normalized spacial score (nSPS) is 17.3. The highest BCUT2D eigenvalue weighted by Crippen LogP contribution is 2.37. The van der Waals surface area contributed by atoms with Gasteiger partial charge >= 0.3 is 12.0 Å². The van der Waals surface area contributed by atoms with Gasteiger partial charge in [0.05, 0.1) is 12.2 Å². The van der Waals surface area contributed by atoms with Crippen molar-refractivity contribution in [3.8, 4) is 11.1 Å². The highest BCUT2D eigenvalue weighted by Gasteiger charge is 2.47. The predicted octanol–water partition coefficient (Wildman–Crippen LogP) is 4.40. The van der Waals surface area contributed by atoms with E-state index in [0.717, 1.165) is 6.07 Å². The minimum absolute atomic E-state index is 0.0625. The number of nitroso groups, excluding NO2 is 1. The van der Waals surface area contributed by atoms with Gasteiger partial charge < -0.3 is 4.74 Å². The van der Waals surface area contributed by atoms with Gasteiger partial charge in [-0.3, -0.25) is 19.3 Å². The number of halogens is 3. The van der Waals surface area contributed by atoms with Crippen molar-refractivity contribution in [2.24, 2.45) is 12.2 Å². The summed E-state index contributed by atoms with van der Waals surface area (Å²) in [5.74, 6) is -4.15. The smallest absolute Gasteiger partial charge is 0.415 e. The molecular formula is C25H22F3N5O4. The Hall–Kier alpha value is -4.06. The maximum atomic E-state index is 14.4. The van der Waals surface area contributed by atoms with Gasteiger partial charge in [0.15, 0.2) is 11.6 Å². The van der Waals surface area contributed by atoms with Crippen molar-refractivity contribution in [2.75, 3.05) is 24.5 Å². The quantitative estimate of drug-likeness (QED) is 0.371. The third-order valence-electron chi connectivity index (χ3n) is 6.83. The second kappa shape index (κ2) is 9.43. The Morgan fingerprint density at radius 3 is 2.41 bits per heavy atom. The number of likely N-dealkylation sites (tertiary alicyclic amines) is 1. The van der Waals surface area contributed by atoms with Gasteiger partial charge in [-0.05, 0) is 30.3 Å². The molecule has 2 amide bonds. The van der Waals surface area contributed by atoms with Gasteiger partial charge in [0.2, 0.25) is 0 Å². The number of hydrogen-bond donors (Lipinski definition) is 0. The molecule has 3 aromatic rings. The standard InChI is InChI=1S/C25H22F3N5O4/c1-31-12-18(17-10-20(27)21(28)11-19(17)26)22(29-31)13-32-8-6-25(7-9-32)14-33(24(35)37-25)16-4-2-15(3-5-16)23(34)30-36/h2-5,10-12H,6-9,13-14H2,1H3. The number of carbonyl (C=O) groups excluding carboxylic acids is 2. The Bertz CT molecular complexity index is 1380. The minimum atomic E-state index is -1.25. The SMILES string of the molecule is Cn1cc(-c2cc(F)c(F)cc2F)c(CN2CCC3(CC2)CN(c2ccc(C(=O)N=O)cc2)C(=O)O3)n1. The molecule has 0 saturated carbocycles. The summed E-state index contributed by atoms with van der Waals surface area (Å²) in [7, 11) is 1.67. The number of aryl methyl sites for hydroxylation is 1. The third kappa shape index (κ3) is 4.71. The molecule has 9 nitrogen and oxygen atoms in total. The van der Waals surface area contributed by atoms with Crippen LogP contribution in [0.15, 0.2) is 47.8 Å². The zero-order valence-corrected chi connectivity index (χ0v) is 19.8. The van der Waals surface area contributed by atoms with Crippen LogP contribution in [0.4, 0.5) is 23.7 Å². The number of carbonyl (C=O) groups is 2. The first kappa shape index (κ1) is 24.6. The lowest BCUT2D eigenvalue weighted by Crippen LogP contribution is -2.46. The number of anilines is 1. The number of piperidine rings is 1. The Morgan fingerprint density at radius 2 is 1.73 bits per heavy atom. The van der Waals surface area contributed by atoms with Gasteiger partial charge in [0, 0.05) is 79.3 Å². The van der Waals surface area contributed by atoms with Crippen LogP contribution in [-0.4, -0.2) is 51.9 Å². The van der Waals surface area contributed by atoms with Gasteiger partial charge in [-0.25, -0.2) is 18.0 Å². The first-order valence-electron chi connectivity index (χ1n) is 11.6. The van der Waals surface area contributed by atoms with Crippen LogP contribution >= 0.6 is 0 Å². The molecule has 0 atom stereocenters. The molecule has 2 fully saturated rings. The summed E-state index contributed by atoms with van der Waals surface area (Å²) in [4.78, 5) is 38.1. The maximum Gasteiger partial charge on any atom is 0.415 e. The Morgan fingerprint density at radius 1 is 1.05 bits per heavy atom. The second-order valence-electron chi connectivity index (χ2n) is 9.27. The van der Waals surface area contributed by atoms with Crippen molar-refractivity contribution in [1.29, 1.82) is 0 Å². The van der Waals surface area contributed by atoms with Crippen LogP contribution in [0.3, 0.4) is 0 Å². The molecule has 1 aromatic heterocycles. The maximum absolute atomic E-state index is 14.4. The monoisotopic (exact) mass is 513 g/mol. The largest absolute Gasteiger partial charge is 0.441 e. The molecule has 37 heavy (non-hydrogen) atoms. The predicted molar refractivity (Wildman–Crippen MR) is 126 cm³/mol. The van der Waals surface area contributed by atoms with E-state index in [1.54, 1.807) is 25.4 Å². The molecule has 0 N–H and O–H groups in total. The third-order valence-corrected chi connectivity index (χ3v) is 6.83. The lowest BCUT2D eigenvalue weighted by molar-refractivity contribution is -0.00123. The van der Waals surface area contributed by atoms with Crippen LogP contribution in [0.25, 0.3) is 11.1 Å². The van der Waals surface area contributed by atoms with E-state index in [1.807, 2.05) is 0 Å². The van der Waals surface area contributed by atoms with Crippen molar-refractivity contribution < 1.29 is 27.5 Å². The molecule has 2 aliphatic heterocycles. The molecular weight excluding hydrogens is 491 g/mol. The molecule has 2 saturated heterocycles. The number of hydrogen-bond acceptors (Lipinski definition) is 6. The van der Waals surface area contributed by atoms with Gasteiger partial charge in [-0.1, -0.05) is 0 Å². The number of amides is 2. The molecule has 0 radical (unpaired) electrons. The molecule has 5 rings (SSSR count). The lowest BCUT2D eigenvalue weighted by Gasteiger charge is -2.37. The van der Waals surface area contributed by atoms with Crippen molar-refractivity contribution in [1.82, 2.24) is 14.7 Å². The topological polar surface area (TPSA) is 97.1 Å². The van der Waals surface area contributed by atoms with Crippen molar-refractivity contribution in [2.45, 2.75) is 25.0 Å². The van der Waals surface area contributed by atoms with Crippen LogP contribution in [0.2, 0.25) is 0 Å². The molecule has 192 valence electrons. The van der Waals surface area contributed by atoms with E-state index in [0.29, 0.717) is 62.0 Å². The zero-order chi connectivity index (χ0) is 26.3. The number of benzene rings is 2. The van der Waals surface area contributed by atoms with Gasteiger partial charge in [-0.2, -0.15) is 5.10 Å². The summed E-state index contributed by atoms with van der Waals surface area (Å²) in [6.45, 7) is 1.81. The molecule has 1 spiro atoms. The van der Waals surface area contributed by atoms with E-state index >= 15 is 0 Å². The molecule has 0 bridgehead atoms. The highest BCUT2D eigenvalue weighted by atomic mass is 19.2. The number of ether oxygens (including phenoxy) is 1. The van der Waals surface area contributed by atoms with Gasteiger partial charge in [-0.15, -0.1) is 4.91 Å². The van der Waals surface area contributed by atoms with Crippen LogP contribution < -0.4 is 4.90 Å². The average molecular weight is 513 g/mol. The van der Waals surface area contributed by atoms with E-state index in [2.05, 4.69) is 15.2 Å². The fraction of sp³-hybridized carbons (Fsp3) is 0.320. The molecule has 12 heteroatoms. The highest BCUT2D eigenvalue weighted by molar-refractivity contribution is 5.96. The van der Waals surface area contributed by atoms with Crippen molar-refractivity contribution in [3.05, 3.63) is 76.2 Å². The Balaban J connectivity index is 1.26. The molecule has 2 aliphatic rings. The van der Waals surface area contributed by atoms with Crippen molar-refractivity contribution in [3.63, 3.8) is 0 Å². The summed E-state index contributed by atoms with van der Waals surface area (Å²) in [6.07, 6.45) is 2.16. The van der Waals surface area contributed by atoms with Gasteiger partial charge in [0.25, 0.3) is 0 Å². The number of rotatable bonds is 5. The Labute approximate surface area is 209 Å². The zero-order valence-electron chi connectivity index (χ0n) is 19.8. The van der Waals surface area contributed by atoms with Gasteiger partial charge in [0.1, 0.15) is 11.4 Å². The molecule has 0 unspecified atom stereocenters. The summed E-state index contributed by atoms with van der Waals surface area (Å²) >= 11 is 0. The molecule has 0 aliphatic carbocycles. The van der Waals surface area contributed by atoms with E-state index in [1.165, 1.54) is 21.7 Å². The van der Waals surface area contributed by atoms with Crippen LogP contribution in [0.1, 0.15) is 28.9 Å². The summed E-state index contributed by atoms with van der Waals surface area (Å²) in [5.41, 5.74) is 0.820. The summed E-state index contributed by atoms with van der Waals surface area (Å²) in [5, 5.41) is 6.79. The average Bonchev–Trinajstić information content (AvgIpc) is 3.41. The van der Waals surface area contributed by atoms with E-state index in [4.69, 9.17) is 4.74 Å². The molecule has 3 heterocycles. The lowest BCUT2D eigenvalue weighted by atomic mass is 9.91. The summed E-state index contributed by atoms with van der Waals surface area (Å²) < 4.78 is 48.9. The summed E-state index contributed by atoms with van der Waals surface area (Å²) in [6, 6.07) is 7.35. The fourth-order valence-electron chi connectivity index (χ4n) is 4.85. The first-order chi connectivity index (χ1) is 17.7. The Kier molecular flexibility index (Phi) is 6.28. The van der Waals surface area contributed by atoms with E-state index in [-0.39, 0.29) is 11.1 Å². The second-order valence-corrected chi connectivity index (χ2v) is 9.27. The van der Waals surface area contributed by atoms with Crippen LogP contribution in [0.5, 0.6) is 0 Å². The van der Waals surface area contributed by atoms with Crippen LogP contribution in [0, 0.1) is 22.4 Å². The number of aromatic nitrogens is 2. The van der Waals surface area contributed by atoms with Crippen LogP contribution in [-0.2, 0) is 18.3 Å². The molecule has 2 aromatic carbocycles. The van der Waals surface area contributed by atoms with E-state index < -0.39 is 35.1 Å². The first-order valence-corrected chi connectivity index (χ1v) is 11.6.